The van der Waals surface area contributed by atoms with Crippen LogP contribution in [-0.4, -0.2) is 27.1 Å². The predicted octanol–water partition coefficient (Wildman–Crippen LogP) is 3.19. The Morgan fingerprint density at radius 3 is 2.48 bits per heavy atom. The zero-order valence-electron chi connectivity index (χ0n) is 15.9. The van der Waals surface area contributed by atoms with Gasteiger partial charge in [0.2, 0.25) is 0 Å². The molecule has 150 valence electrons. The summed E-state index contributed by atoms with van der Waals surface area (Å²) in [5.74, 6) is -0.103. The first kappa shape index (κ1) is 20.3. The number of anilines is 1. The third-order valence-corrected chi connectivity index (χ3v) is 5.96. The summed E-state index contributed by atoms with van der Waals surface area (Å²) in [6.07, 6.45) is 3.45. The zero-order chi connectivity index (χ0) is 20.7. The number of nitrogens with zero attached hydrogens (tertiary/aromatic N) is 2. The third-order valence-electron chi connectivity index (χ3n) is 4.18. The molecule has 0 radical (unpaired) electrons. The number of para-hydroxylation sites is 1. The van der Waals surface area contributed by atoms with Crippen LogP contribution in [0.5, 0.6) is 0 Å². The van der Waals surface area contributed by atoms with Crippen LogP contribution in [0.2, 0.25) is 0 Å². The Morgan fingerprint density at radius 2 is 1.79 bits per heavy atom. The molecule has 7 nitrogen and oxygen atoms in total. The summed E-state index contributed by atoms with van der Waals surface area (Å²) in [5, 5.41) is 3.82. The molecule has 0 fully saturated rings. The van der Waals surface area contributed by atoms with Crippen molar-refractivity contribution in [2.45, 2.75) is 18.2 Å². The smallest absolute Gasteiger partial charge is 0.264 e. The zero-order valence-corrected chi connectivity index (χ0v) is 16.7. The van der Waals surface area contributed by atoms with E-state index in [1.54, 1.807) is 42.5 Å². The first-order valence-electron chi connectivity index (χ1n) is 9.03. The van der Waals surface area contributed by atoms with Crippen LogP contribution < -0.4 is 9.73 Å². The lowest BCUT2D eigenvalue weighted by Crippen LogP contribution is -2.40. The number of carbonyl (C=O) groups excluding carboxylic acids is 1. The lowest BCUT2D eigenvalue weighted by molar-refractivity contribution is -0.119. The van der Waals surface area contributed by atoms with Gasteiger partial charge in [-0.25, -0.2) is 13.8 Å². The molecule has 0 atom stereocenters. The van der Waals surface area contributed by atoms with E-state index in [0.29, 0.717) is 17.9 Å². The minimum atomic E-state index is -3.95. The van der Waals surface area contributed by atoms with Crippen molar-refractivity contribution >= 4 is 27.8 Å². The maximum atomic E-state index is 13.3. The summed E-state index contributed by atoms with van der Waals surface area (Å²) in [5.41, 5.74) is 3.63. The second kappa shape index (κ2) is 9.20. The molecular weight excluding hydrogens is 390 g/mol. The molecule has 0 saturated carbocycles. The highest BCUT2D eigenvalue weighted by Gasteiger charge is 2.28. The second-order valence-electron chi connectivity index (χ2n) is 6.12. The van der Waals surface area contributed by atoms with Gasteiger partial charge in [0.15, 0.2) is 0 Å². The Balaban J connectivity index is 1.90. The molecule has 1 aromatic heterocycles. The maximum Gasteiger partial charge on any atom is 0.264 e. The molecule has 0 unspecified atom stereocenters. The fourth-order valence-electron chi connectivity index (χ4n) is 2.77. The Kier molecular flexibility index (Phi) is 6.46. The van der Waals surface area contributed by atoms with Crippen LogP contribution >= 0.6 is 0 Å². The van der Waals surface area contributed by atoms with Gasteiger partial charge in [-0.2, -0.15) is 5.10 Å². The Morgan fingerprint density at radius 1 is 1.07 bits per heavy atom. The largest absolute Gasteiger partial charge is 0.463 e. The van der Waals surface area contributed by atoms with E-state index in [2.05, 4.69) is 10.5 Å². The molecule has 0 aliphatic carbocycles. The average Bonchev–Trinajstić information content (AvgIpc) is 3.26. The van der Waals surface area contributed by atoms with Crippen LogP contribution in [0.1, 0.15) is 18.2 Å². The van der Waals surface area contributed by atoms with E-state index in [4.69, 9.17) is 4.42 Å². The number of sulfonamides is 1. The summed E-state index contributed by atoms with van der Waals surface area (Å²) < 4.78 is 32.8. The van der Waals surface area contributed by atoms with E-state index in [1.165, 1.54) is 24.6 Å². The minimum absolute atomic E-state index is 0.109. The highest BCUT2D eigenvalue weighted by Crippen LogP contribution is 2.27. The molecule has 0 aliphatic rings. The Labute approximate surface area is 169 Å². The number of carbonyl (C=O) groups is 1. The predicted molar refractivity (Wildman–Crippen MR) is 111 cm³/mol. The molecule has 8 heteroatoms. The lowest BCUT2D eigenvalue weighted by atomic mass is 10.1. The summed E-state index contributed by atoms with van der Waals surface area (Å²) in [7, 11) is -3.95. The van der Waals surface area contributed by atoms with Gasteiger partial charge in [-0.1, -0.05) is 43.3 Å². The number of rotatable bonds is 8. The van der Waals surface area contributed by atoms with Crippen molar-refractivity contribution in [3.05, 3.63) is 84.3 Å². The SMILES string of the molecule is CCc1ccccc1N(CC(=O)NN=Cc1ccco1)S(=O)(=O)c1ccccc1. The van der Waals surface area contributed by atoms with E-state index in [9.17, 15) is 13.2 Å². The van der Waals surface area contributed by atoms with Crippen molar-refractivity contribution in [3.63, 3.8) is 0 Å². The van der Waals surface area contributed by atoms with Crippen LogP contribution in [0.3, 0.4) is 0 Å². The van der Waals surface area contributed by atoms with Gasteiger partial charge in [0.05, 0.1) is 23.1 Å². The fraction of sp³-hybridized carbons (Fsp3) is 0.143. The van der Waals surface area contributed by atoms with Gasteiger partial charge in [0.1, 0.15) is 12.3 Å². The van der Waals surface area contributed by atoms with Gasteiger partial charge in [-0.15, -0.1) is 0 Å². The topological polar surface area (TPSA) is 92.0 Å². The number of hydrazone groups is 1. The van der Waals surface area contributed by atoms with Crippen molar-refractivity contribution in [1.29, 1.82) is 0 Å². The number of hydrogen-bond acceptors (Lipinski definition) is 5. The summed E-state index contributed by atoms with van der Waals surface area (Å²) in [6, 6.07) is 18.5. The Bertz CT molecular complexity index is 1080. The van der Waals surface area contributed by atoms with E-state index in [1.807, 2.05) is 19.1 Å². The van der Waals surface area contributed by atoms with Gasteiger partial charge in [0, 0.05) is 0 Å². The number of furan rings is 1. The van der Waals surface area contributed by atoms with Crippen molar-refractivity contribution in [2.75, 3.05) is 10.8 Å². The highest BCUT2D eigenvalue weighted by molar-refractivity contribution is 7.92. The molecule has 29 heavy (non-hydrogen) atoms. The summed E-state index contributed by atoms with van der Waals surface area (Å²) in [6.45, 7) is 1.52. The summed E-state index contributed by atoms with van der Waals surface area (Å²) in [4.78, 5) is 12.6. The molecule has 2 aromatic carbocycles. The standard InChI is InChI=1S/C21H21N3O4S/c1-2-17-9-6-7-13-20(17)24(29(26,27)19-11-4-3-5-12-19)16-21(25)23-22-15-18-10-8-14-28-18/h3-15H,2,16H2,1H3,(H,23,25). The van der Waals surface area contributed by atoms with Crippen LogP contribution in [0.25, 0.3) is 0 Å². The van der Waals surface area contributed by atoms with Gasteiger partial charge < -0.3 is 4.42 Å². The lowest BCUT2D eigenvalue weighted by Gasteiger charge is -2.25. The molecule has 0 bridgehead atoms. The van der Waals surface area contributed by atoms with E-state index in [0.717, 1.165) is 9.87 Å². The van der Waals surface area contributed by atoms with E-state index in [-0.39, 0.29) is 4.90 Å². The van der Waals surface area contributed by atoms with Crippen LogP contribution in [0.15, 0.2) is 87.4 Å². The first-order valence-corrected chi connectivity index (χ1v) is 10.5. The second-order valence-corrected chi connectivity index (χ2v) is 7.98. The monoisotopic (exact) mass is 411 g/mol. The molecule has 0 spiro atoms. The molecular formula is C21H21N3O4S. The van der Waals surface area contributed by atoms with Crippen molar-refractivity contribution < 1.29 is 17.6 Å². The normalized spacial score (nSPS) is 11.5. The fourth-order valence-corrected chi connectivity index (χ4v) is 4.25. The van der Waals surface area contributed by atoms with E-state index < -0.39 is 22.5 Å². The Hall–Kier alpha value is -3.39. The number of aryl methyl sites for hydroxylation is 1. The molecule has 0 aliphatic heterocycles. The molecule has 1 heterocycles. The van der Waals surface area contributed by atoms with Crippen LogP contribution in [0, 0.1) is 0 Å². The minimum Gasteiger partial charge on any atom is -0.463 e. The molecule has 3 rings (SSSR count). The van der Waals surface area contributed by atoms with Crippen molar-refractivity contribution in [3.8, 4) is 0 Å². The molecule has 0 saturated heterocycles. The maximum absolute atomic E-state index is 13.3. The average molecular weight is 411 g/mol. The van der Waals surface area contributed by atoms with Gasteiger partial charge in [0.25, 0.3) is 15.9 Å². The molecule has 3 aromatic rings. The van der Waals surface area contributed by atoms with Gasteiger partial charge in [-0.05, 0) is 42.3 Å². The third kappa shape index (κ3) is 4.91. The number of amides is 1. The van der Waals surface area contributed by atoms with Crippen molar-refractivity contribution in [2.24, 2.45) is 5.10 Å². The first-order chi connectivity index (χ1) is 14.0. The quantitative estimate of drug-likeness (QED) is 0.455. The van der Waals surface area contributed by atoms with Gasteiger partial charge in [-0.3, -0.25) is 9.10 Å². The number of benzene rings is 2. The number of hydrogen-bond donors (Lipinski definition) is 1. The number of nitrogens with one attached hydrogen (secondary N) is 1. The highest BCUT2D eigenvalue weighted by atomic mass is 32.2. The molecule has 1 N–H and O–H groups in total. The van der Waals surface area contributed by atoms with Crippen molar-refractivity contribution in [1.82, 2.24) is 5.43 Å². The molecule has 1 amide bonds. The van der Waals surface area contributed by atoms with Gasteiger partial charge >= 0.3 is 0 Å². The summed E-state index contributed by atoms with van der Waals surface area (Å²) >= 11 is 0. The van der Waals surface area contributed by atoms with Crippen LogP contribution in [-0.2, 0) is 21.2 Å². The van der Waals surface area contributed by atoms with Crippen LogP contribution in [0.4, 0.5) is 5.69 Å². The van der Waals surface area contributed by atoms with E-state index >= 15 is 0 Å².